The van der Waals surface area contributed by atoms with Crippen LogP contribution in [0.4, 0.5) is 0 Å². The molecule has 0 fully saturated rings. The van der Waals surface area contributed by atoms with Crippen LogP contribution in [-0.4, -0.2) is 13.2 Å². The van der Waals surface area contributed by atoms with Gasteiger partial charge in [-0.1, -0.05) is 58.4 Å². The third-order valence-electron chi connectivity index (χ3n) is 3.34. The Bertz CT molecular complexity index is 307. The highest BCUT2D eigenvalue weighted by molar-refractivity contribution is 5.32. The number of benzene rings is 1. The van der Waals surface area contributed by atoms with E-state index < -0.39 is 0 Å². The molecule has 0 aliphatic carbocycles. The zero-order valence-electron chi connectivity index (χ0n) is 13.2. The van der Waals surface area contributed by atoms with Gasteiger partial charge in [0.1, 0.15) is 11.5 Å². The van der Waals surface area contributed by atoms with Crippen molar-refractivity contribution in [3.63, 3.8) is 0 Å². The fourth-order valence-electron chi connectivity index (χ4n) is 2.09. The summed E-state index contributed by atoms with van der Waals surface area (Å²) in [5.41, 5.74) is 0. The fourth-order valence-corrected chi connectivity index (χ4v) is 2.09. The van der Waals surface area contributed by atoms with Crippen molar-refractivity contribution in [2.75, 3.05) is 13.2 Å². The molecule has 114 valence electrons. The molecule has 0 radical (unpaired) electrons. The van der Waals surface area contributed by atoms with E-state index in [-0.39, 0.29) is 0 Å². The van der Waals surface area contributed by atoms with Gasteiger partial charge in [0.15, 0.2) is 0 Å². The van der Waals surface area contributed by atoms with Gasteiger partial charge in [-0.2, -0.15) is 0 Å². The Hall–Kier alpha value is -1.18. The van der Waals surface area contributed by atoms with Crippen LogP contribution in [0.1, 0.15) is 65.2 Å². The maximum atomic E-state index is 5.76. The lowest BCUT2D eigenvalue weighted by Crippen LogP contribution is -1.99. The van der Waals surface area contributed by atoms with Crippen LogP contribution in [0.25, 0.3) is 0 Å². The number of hydrogen-bond donors (Lipinski definition) is 0. The molecule has 0 saturated heterocycles. The number of hydrogen-bond acceptors (Lipinski definition) is 2. The van der Waals surface area contributed by atoms with Gasteiger partial charge in [-0.25, -0.2) is 0 Å². The minimum Gasteiger partial charge on any atom is -0.493 e. The van der Waals surface area contributed by atoms with Crippen molar-refractivity contribution in [1.82, 2.24) is 0 Å². The smallest absolute Gasteiger partial charge is 0.122 e. The average Bonchev–Trinajstić information content (AvgIpc) is 2.47. The zero-order valence-corrected chi connectivity index (χ0v) is 13.2. The van der Waals surface area contributed by atoms with Gasteiger partial charge in [0, 0.05) is 6.07 Å². The SMILES string of the molecule is CCCCCCOc1cccc(OCCCCCC)c1. The standard InChI is InChI=1S/C18H30O2/c1-3-5-7-9-14-19-17-12-11-13-18(16-17)20-15-10-8-6-4-2/h11-13,16H,3-10,14-15H2,1-2H3. The van der Waals surface area contributed by atoms with E-state index >= 15 is 0 Å². The first-order valence-electron chi connectivity index (χ1n) is 8.22. The fraction of sp³-hybridized carbons (Fsp3) is 0.667. The third kappa shape index (κ3) is 8.08. The van der Waals surface area contributed by atoms with E-state index in [0.717, 1.165) is 37.6 Å². The lowest BCUT2D eigenvalue weighted by molar-refractivity contribution is 0.290. The topological polar surface area (TPSA) is 18.5 Å². The molecular weight excluding hydrogens is 248 g/mol. The lowest BCUT2D eigenvalue weighted by Gasteiger charge is -2.09. The summed E-state index contributed by atoms with van der Waals surface area (Å²) in [7, 11) is 0. The molecule has 0 aromatic heterocycles. The molecule has 1 aromatic rings. The van der Waals surface area contributed by atoms with Gasteiger partial charge in [-0.3, -0.25) is 0 Å². The number of ether oxygens (including phenoxy) is 2. The molecule has 1 aromatic carbocycles. The van der Waals surface area contributed by atoms with E-state index in [0.29, 0.717) is 0 Å². The Labute approximate surface area is 124 Å². The van der Waals surface area contributed by atoms with Gasteiger partial charge in [0.25, 0.3) is 0 Å². The van der Waals surface area contributed by atoms with Crippen molar-refractivity contribution >= 4 is 0 Å². The van der Waals surface area contributed by atoms with Crippen LogP contribution in [0.2, 0.25) is 0 Å². The summed E-state index contributed by atoms with van der Waals surface area (Å²) >= 11 is 0. The average molecular weight is 278 g/mol. The molecule has 0 spiro atoms. The van der Waals surface area contributed by atoms with Gasteiger partial charge >= 0.3 is 0 Å². The summed E-state index contributed by atoms with van der Waals surface area (Å²) in [6.45, 7) is 6.06. The van der Waals surface area contributed by atoms with Gasteiger partial charge in [-0.15, -0.1) is 0 Å². The van der Waals surface area contributed by atoms with Crippen LogP contribution in [0.3, 0.4) is 0 Å². The Morgan fingerprint density at radius 3 is 1.65 bits per heavy atom. The first-order valence-corrected chi connectivity index (χ1v) is 8.22. The lowest BCUT2D eigenvalue weighted by atomic mass is 10.2. The summed E-state index contributed by atoms with van der Waals surface area (Å²) in [4.78, 5) is 0. The van der Waals surface area contributed by atoms with Gasteiger partial charge in [0.2, 0.25) is 0 Å². The zero-order chi connectivity index (χ0) is 14.5. The molecule has 2 heteroatoms. The van der Waals surface area contributed by atoms with Crippen molar-refractivity contribution in [3.05, 3.63) is 24.3 Å². The highest BCUT2D eigenvalue weighted by Gasteiger charge is 1.98. The molecule has 1 rings (SSSR count). The molecule has 0 N–H and O–H groups in total. The molecule has 0 unspecified atom stereocenters. The molecule has 0 bridgehead atoms. The highest BCUT2D eigenvalue weighted by Crippen LogP contribution is 2.20. The minimum absolute atomic E-state index is 0.806. The van der Waals surface area contributed by atoms with Crippen LogP contribution in [-0.2, 0) is 0 Å². The molecule has 2 nitrogen and oxygen atoms in total. The predicted molar refractivity (Wildman–Crippen MR) is 85.7 cm³/mol. The molecule has 0 atom stereocenters. The maximum Gasteiger partial charge on any atom is 0.122 e. The van der Waals surface area contributed by atoms with E-state index in [1.165, 1.54) is 38.5 Å². The van der Waals surface area contributed by atoms with E-state index in [1.807, 2.05) is 24.3 Å². The molecule has 20 heavy (non-hydrogen) atoms. The molecule has 0 aliphatic rings. The molecule has 0 amide bonds. The Balaban J connectivity index is 2.19. The normalized spacial score (nSPS) is 10.5. The predicted octanol–water partition coefficient (Wildman–Crippen LogP) is 5.60. The Morgan fingerprint density at radius 1 is 0.700 bits per heavy atom. The quantitative estimate of drug-likeness (QED) is 0.463. The second-order valence-corrected chi connectivity index (χ2v) is 5.29. The highest BCUT2D eigenvalue weighted by atomic mass is 16.5. The summed E-state index contributed by atoms with van der Waals surface area (Å²) in [5, 5.41) is 0. The molecule has 0 aliphatic heterocycles. The van der Waals surface area contributed by atoms with Crippen molar-refractivity contribution in [1.29, 1.82) is 0 Å². The first-order chi connectivity index (χ1) is 9.86. The van der Waals surface area contributed by atoms with E-state index in [9.17, 15) is 0 Å². The van der Waals surface area contributed by atoms with Crippen LogP contribution in [0.5, 0.6) is 11.5 Å². The second-order valence-electron chi connectivity index (χ2n) is 5.29. The van der Waals surface area contributed by atoms with Gasteiger partial charge < -0.3 is 9.47 Å². The Kier molecular flexibility index (Phi) is 9.81. The van der Waals surface area contributed by atoms with E-state index in [2.05, 4.69) is 13.8 Å². The molecular formula is C18H30O2. The van der Waals surface area contributed by atoms with Crippen LogP contribution in [0.15, 0.2) is 24.3 Å². The van der Waals surface area contributed by atoms with Crippen molar-refractivity contribution in [2.45, 2.75) is 65.2 Å². The minimum atomic E-state index is 0.806. The van der Waals surface area contributed by atoms with E-state index in [1.54, 1.807) is 0 Å². The third-order valence-corrected chi connectivity index (χ3v) is 3.34. The first kappa shape index (κ1) is 16.9. The summed E-state index contributed by atoms with van der Waals surface area (Å²) < 4.78 is 11.5. The monoisotopic (exact) mass is 278 g/mol. The van der Waals surface area contributed by atoms with Gasteiger partial charge in [-0.05, 0) is 25.0 Å². The largest absolute Gasteiger partial charge is 0.493 e. The number of unbranched alkanes of at least 4 members (excludes halogenated alkanes) is 6. The van der Waals surface area contributed by atoms with Crippen molar-refractivity contribution in [2.24, 2.45) is 0 Å². The molecule has 0 saturated carbocycles. The maximum absolute atomic E-state index is 5.76. The molecule has 0 heterocycles. The van der Waals surface area contributed by atoms with Crippen LogP contribution < -0.4 is 9.47 Å². The Morgan fingerprint density at radius 2 is 1.20 bits per heavy atom. The van der Waals surface area contributed by atoms with Crippen molar-refractivity contribution < 1.29 is 9.47 Å². The van der Waals surface area contributed by atoms with Crippen LogP contribution >= 0.6 is 0 Å². The number of rotatable bonds is 12. The second kappa shape index (κ2) is 11.6. The summed E-state index contributed by atoms with van der Waals surface area (Å²) in [5.74, 6) is 1.85. The summed E-state index contributed by atoms with van der Waals surface area (Å²) in [6.07, 6.45) is 9.90. The van der Waals surface area contributed by atoms with Gasteiger partial charge in [0.05, 0.1) is 13.2 Å². The van der Waals surface area contributed by atoms with Crippen molar-refractivity contribution in [3.8, 4) is 11.5 Å². The van der Waals surface area contributed by atoms with E-state index in [4.69, 9.17) is 9.47 Å². The van der Waals surface area contributed by atoms with Crippen LogP contribution in [0, 0.1) is 0 Å². The summed E-state index contributed by atoms with van der Waals surface area (Å²) in [6, 6.07) is 8.01.